The molecule has 0 saturated heterocycles. The van der Waals surface area contributed by atoms with Crippen molar-refractivity contribution in [2.24, 2.45) is 0 Å². The van der Waals surface area contributed by atoms with E-state index in [1.165, 1.54) is 5.56 Å². The molecule has 112 valence electrons. The standard InChI is InChI=1S/C15H23NO4/c1-16-13(5-6-18-8-7-17-2)12-3-4-14-15(11-12)20-10-9-19-14/h3-4,11,13,16H,5-10H2,1-2H3. The van der Waals surface area contributed by atoms with Gasteiger partial charge in [-0.05, 0) is 31.2 Å². The number of hydrogen-bond acceptors (Lipinski definition) is 5. The van der Waals surface area contributed by atoms with Crippen LogP contribution in [-0.2, 0) is 9.47 Å². The molecule has 1 aromatic carbocycles. The zero-order valence-electron chi connectivity index (χ0n) is 12.2. The van der Waals surface area contributed by atoms with E-state index in [4.69, 9.17) is 18.9 Å². The minimum Gasteiger partial charge on any atom is -0.486 e. The Balaban J connectivity index is 1.90. The minimum absolute atomic E-state index is 0.244. The van der Waals surface area contributed by atoms with Gasteiger partial charge in [0.15, 0.2) is 11.5 Å². The van der Waals surface area contributed by atoms with Gasteiger partial charge in [0.05, 0.1) is 13.2 Å². The van der Waals surface area contributed by atoms with Gasteiger partial charge >= 0.3 is 0 Å². The Hall–Kier alpha value is -1.30. The molecular weight excluding hydrogens is 258 g/mol. The van der Waals surface area contributed by atoms with E-state index < -0.39 is 0 Å². The predicted octanol–water partition coefficient (Wildman–Crippen LogP) is 1.77. The smallest absolute Gasteiger partial charge is 0.161 e. The van der Waals surface area contributed by atoms with Gasteiger partial charge in [-0.3, -0.25) is 0 Å². The highest BCUT2D eigenvalue weighted by Gasteiger charge is 2.15. The number of methoxy groups -OCH3 is 1. The first-order valence-electron chi connectivity index (χ1n) is 6.98. The summed E-state index contributed by atoms with van der Waals surface area (Å²) in [7, 11) is 3.63. The molecule has 5 nitrogen and oxygen atoms in total. The van der Waals surface area contributed by atoms with E-state index in [0.717, 1.165) is 17.9 Å². The number of fused-ring (bicyclic) bond motifs is 1. The summed E-state index contributed by atoms with van der Waals surface area (Å²) < 4.78 is 21.6. The van der Waals surface area contributed by atoms with Crippen molar-refractivity contribution in [1.29, 1.82) is 0 Å². The molecule has 1 unspecified atom stereocenters. The molecule has 0 saturated carbocycles. The molecule has 0 radical (unpaired) electrons. The predicted molar refractivity (Wildman–Crippen MR) is 76.5 cm³/mol. The van der Waals surface area contributed by atoms with E-state index in [1.807, 2.05) is 19.2 Å². The number of nitrogens with one attached hydrogen (secondary N) is 1. The first-order chi connectivity index (χ1) is 9.85. The van der Waals surface area contributed by atoms with E-state index in [1.54, 1.807) is 7.11 Å². The van der Waals surface area contributed by atoms with Gasteiger partial charge < -0.3 is 24.3 Å². The lowest BCUT2D eigenvalue weighted by Crippen LogP contribution is -2.20. The van der Waals surface area contributed by atoms with Crippen molar-refractivity contribution in [3.05, 3.63) is 23.8 Å². The van der Waals surface area contributed by atoms with Crippen LogP contribution in [0, 0.1) is 0 Å². The van der Waals surface area contributed by atoms with E-state index in [-0.39, 0.29) is 6.04 Å². The maximum absolute atomic E-state index is 5.62. The van der Waals surface area contributed by atoms with Crippen LogP contribution in [0.2, 0.25) is 0 Å². The zero-order chi connectivity index (χ0) is 14.2. The summed E-state index contributed by atoms with van der Waals surface area (Å²) in [4.78, 5) is 0. The second-order valence-electron chi connectivity index (χ2n) is 4.64. The second-order valence-corrected chi connectivity index (χ2v) is 4.64. The van der Waals surface area contributed by atoms with Crippen molar-refractivity contribution in [2.45, 2.75) is 12.5 Å². The highest BCUT2D eigenvalue weighted by atomic mass is 16.6. The van der Waals surface area contributed by atoms with Crippen LogP contribution in [0.25, 0.3) is 0 Å². The van der Waals surface area contributed by atoms with Crippen LogP contribution in [-0.4, -0.2) is 47.2 Å². The normalized spacial score (nSPS) is 15.1. The Morgan fingerprint density at radius 2 is 1.95 bits per heavy atom. The molecule has 0 bridgehead atoms. The van der Waals surface area contributed by atoms with E-state index in [9.17, 15) is 0 Å². The van der Waals surface area contributed by atoms with E-state index in [0.29, 0.717) is 33.0 Å². The van der Waals surface area contributed by atoms with Gasteiger partial charge in [-0.25, -0.2) is 0 Å². The summed E-state index contributed by atoms with van der Waals surface area (Å²) in [6.45, 7) is 3.20. The number of rotatable bonds is 8. The summed E-state index contributed by atoms with van der Waals surface area (Å²) in [5.41, 5.74) is 1.19. The van der Waals surface area contributed by atoms with Gasteiger partial charge in [-0.2, -0.15) is 0 Å². The molecule has 1 aliphatic heterocycles. The average molecular weight is 281 g/mol. The van der Waals surface area contributed by atoms with Crippen LogP contribution >= 0.6 is 0 Å². The van der Waals surface area contributed by atoms with Crippen molar-refractivity contribution in [3.63, 3.8) is 0 Å². The number of hydrogen-bond donors (Lipinski definition) is 1. The fraction of sp³-hybridized carbons (Fsp3) is 0.600. The Morgan fingerprint density at radius 1 is 1.15 bits per heavy atom. The lowest BCUT2D eigenvalue weighted by atomic mass is 10.0. The van der Waals surface area contributed by atoms with Crippen molar-refractivity contribution in [2.75, 3.05) is 47.2 Å². The highest BCUT2D eigenvalue weighted by molar-refractivity contribution is 5.44. The Kier molecular flexibility index (Phi) is 6.11. The topological polar surface area (TPSA) is 49.0 Å². The van der Waals surface area contributed by atoms with Crippen molar-refractivity contribution >= 4 is 0 Å². The Labute approximate surface area is 120 Å². The molecule has 1 atom stereocenters. The second kappa shape index (κ2) is 8.09. The summed E-state index contributed by atoms with van der Waals surface area (Å²) in [5, 5.41) is 3.31. The molecule has 1 aromatic rings. The molecule has 20 heavy (non-hydrogen) atoms. The van der Waals surface area contributed by atoms with Gasteiger partial charge in [0, 0.05) is 19.8 Å². The molecule has 0 aromatic heterocycles. The SMILES string of the molecule is CNC(CCOCCOC)c1ccc2c(c1)OCCO2. The van der Waals surface area contributed by atoms with Crippen molar-refractivity contribution in [1.82, 2.24) is 5.32 Å². The van der Waals surface area contributed by atoms with Gasteiger partial charge in [-0.15, -0.1) is 0 Å². The number of benzene rings is 1. The highest BCUT2D eigenvalue weighted by Crippen LogP contribution is 2.33. The van der Waals surface area contributed by atoms with Crippen LogP contribution in [0.5, 0.6) is 11.5 Å². The van der Waals surface area contributed by atoms with Crippen LogP contribution in [0.3, 0.4) is 0 Å². The fourth-order valence-electron chi connectivity index (χ4n) is 2.20. The molecule has 1 aliphatic rings. The van der Waals surface area contributed by atoms with Crippen molar-refractivity contribution < 1.29 is 18.9 Å². The summed E-state index contributed by atoms with van der Waals surface area (Å²) in [6.07, 6.45) is 0.903. The van der Waals surface area contributed by atoms with Crippen LogP contribution < -0.4 is 14.8 Å². The molecule has 1 N–H and O–H groups in total. The molecule has 5 heteroatoms. The van der Waals surface area contributed by atoms with Gasteiger partial charge in [-0.1, -0.05) is 6.07 Å². The third-order valence-corrected chi connectivity index (χ3v) is 3.30. The van der Waals surface area contributed by atoms with Gasteiger partial charge in [0.1, 0.15) is 13.2 Å². The molecule has 0 fully saturated rings. The molecule has 2 rings (SSSR count). The maximum Gasteiger partial charge on any atom is 0.161 e. The third-order valence-electron chi connectivity index (χ3n) is 3.30. The summed E-state index contributed by atoms with van der Waals surface area (Å²) in [6, 6.07) is 6.34. The molecule has 1 heterocycles. The van der Waals surface area contributed by atoms with Crippen molar-refractivity contribution in [3.8, 4) is 11.5 Å². The van der Waals surface area contributed by atoms with E-state index in [2.05, 4.69) is 11.4 Å². The number of ether oxygens (including phenoxy) is 4. The zero-order valence-corrected chi connectivity index (χ0v) is 12.2. The fourth-order valence-corrected chi connectivity index (χ4v) is 2.20. The third kappa shape index (κ3) is 4.10. The maximum atomic E-state index is 5.62. The quantitative estimate of drug-likeness (QED) is 0.736. The van der Waals surface area contributed by atoms with E-state index >= 15 is 0 Å². The van der Waals surface area contributed by atoms with Gasteiger partial charge in [0.25, 0.3) is 0 Å². The lowest BCUT2D eigenvalue weighted by molar-refractivity contribution is 0.0660. The van der Waals surface area contributed by atoms with Crippen LogP contribution in [0.4, 0.5) is 0 Å². The first kappa shape index (κ1) is 15.1. The first-order valence-corrected chi connectivity index (χ1v) is 6.98. The summed E-state index contributed by atoms with van der Waals surface area (Å²) >= 11 is 0. The molecule has 0 spiro atoms. The molecule has 0 aliphatic carbocycles. The lowest BCUT2D eigenvalue weighted by Gasteiger charge is -2.22. The molecule has 0 amide bonds. The largest absolute Gasteiger partial charge is 0.486 e. The average Bonchev–Trinajstić information content (AvgIpc) is 2.50. The summed E-state index contributed by atoms with van der Waals surface area (Å²) in [5.74, 6) is 1.65. The molecular formula is C15H23NO4. The monoisotopic (exact) mass is 281 g/mol. The van der Waals surface area contributed by atoms with Crippen LogP contribution in [0.1, 0.15) is 18.0 Å². The Morgan fingerprint density at radius 3 is 2.70 bits per heavy atom. The minimum atomic E-state index is 0.244. The Bertz CT molecular complexity index is 411. The van der Waals surface area contributed by atoms with Gasteiger partial charge in [0.2, 0.25) is 0 Å². The van der Waals surface area contributed by atoms with Crippen LogP contribution in [0.15, 0.2) is 18.2 Å².